The van der Waals surface area contributed by atoms with Crippen molar-refractivity contribution in [2.24, 2.45) is 5.41 Å². The normalized spacial score (nSPS) is 24.6. The van der Waals surface area contributed by atoms with Gasteiger partial charge in [0.1, 0.15) is 0 Å². The zero-order valence-corrected chi connectivity index (χ0v) is 13.4. The molecule has 108 valence electrons. The summed E-state index contributed by atoms with van der Waals surface area (Å²) in [6.45, 7) is 9.48. The summed E-state index contributed by atoms with van der Waals surface area (Å²) in [5.41, 5.74) is 2.47. The Kier molecular flexibility index (Phi) is 3.46. The van der Waals surface area contributed by atoms with E-state index in [0.29, 0.717) is 12.1 Å². The van der Waals surface area contributed by atoms with Gasteiger partial charge in [-0.15, -0.1) is 11.3 Å². The molecule has 0 bridgehead atoms. The lowest BCUT2D eigenvalue weighted by Gasteiger charge is -2.52. The predicted molar refractivity (Wildman–Crippen MR) is 85.6 cm³/mol. The number of nitrogens with one attached hydrogen (secondary N) is 1. The maximum Gasteiger partial charge on any atom is 0.0907 e. The first-order valence-electron chi connectivity index (χ1n) is 7.26. The first-order valence-corrected chi connectivity index (χ1v) is 8.07. The van der Waals surface area contributed by atoms with E-state index in [0.717, 1.165) is 23.6 Å². The van der Waals surface area contributed by atoms with Crippen molar-refractivity contribution in [1.29, 1.82) is 0 Å². The Hall–Kier alpha value is -1.13. The predicted octanol–water partition coefficient (Wildman–Crippen LogP) is 4.22. The van der Waals surface area contributed by atoms with Crippen LogP contribution < -0.4 is 5.32 Å². The Morgan fingerprint density at radius 3 is 2.95 bits per heavy atom. The van der Waals surface area contributed by atoms with Gasteiger partial charge in [0.15, 0.2) is 0 Å². The SMILES string of the molecule is CCOC1CC(Nc2ccc3nc(C)sc3c2)C1(C)C. The lowest BCUT2D eigenvalue weighted by molar-refractivity contribution is -0.0975. The lowest BCUT2D eigenvalue weighted by atomic mass is 9.64. The number of hydrogen-bond acceptors (Lipinski definition) is 4. The Labute approximate surface area is 124 Å². The average molecular weight is 290 g/mol. The smallest absolute Gasteiger partial charge is 0.0907 e. The Morgan fingerprint density at radius 1 is 1.45 bits per heavy atom. The van der Waals surface area contributed by atoms with Crippen LogP contribution in [0.5, 0.6) is 0 Å². The molecule has 0 radical (unpaired) electrons. The van der Waals surface area contributed by atoms with Gasteiger partial charge in [0, 0.05) is 23.8 Å². The summed E-state index contributed by atoms with van der Waals surface area (Å²) in [6, 6.07) is 6.92. The number of aromatic nitrogens is 1. The van der Waals surface area contributed by atoms with Crippen molar-refractivity contribution < 1.29 is 4.74 Å². The lowest BCUT2D eigenvalue weighted by Crippen LogP contribution is -2.58. The van der Waals surface area contributed by atoms with Crippen LogP contribution in [0.3, 0.4) is 0 Å². The van der Waals surface area contributed by atoms with Crippen molar-refractivity contribution in [3.8, 4) is 0 Å². The Bertz CT molecular complexity index is 620. The van der Waals surface area contributed by atoms with Crippen LogP contribution in [-0.2, 0) is 4.74 Å². The van der Waals surface area contributed by atoms with Gasteiger partial charge in [0.2, 0.25) is 0 Å². The summed E-state index contributed by atoms with van der Waals surface area (Å²) in [5.74, 6) is 0. The summed E-state index contributed by atoms with van der Waals surface area (Å²) in [4.78, 5) is 4.50. The second kappa shape index (κ2) is 5.01. The first kappa shape index (κ1) is 13.8. The van der Waals surface area contributed by atoms with Crippen molar-refractivity contribution in [2.75, 3.05) is 11.9 Å². The van der Waals surface area contributed by atoms with Crippen LogP contribution in [0, 0.1) is 12.3 Å². The van der Waals surface area contributed by atoms with Gasteiger partial charge < -0.3 is 10.1 Å². The van der Waals surface area contributed by atoms with Gasteiger partial charge in [-0.2, -0.15) is 0 Å². The molecule has 1 aliphatic rings. The van der Waals surface area contributed by atoms with E-state index in [9.17, 15) is 0 Å². The molecule has 0 saturated heterocycles. The molecule has 1 fully saturated rings. The van der Waals surface area contributed by atoms with Crippen LogP contribution in [-0.4, -0.2) is 23.7 Å². The molecule has 2 aromatic rings. The maximum atomic E-state index is 5.79. The molecule has 1 aliphatic carbocycles. The molecule has 2 atom stereocenters. The van der Waals surface area contributed by atoms with Gasteiger partial charge in [-0.1, -0.05) is 13.8 Å². The number of rotatable bonds is 4. The number of aryl methyl sites for hydroxylation is 1. The van der Waals surface area contributed by atoms with E-state index in [4.69, 9.17) is 4.74 Å². The molecule has 4 heteroatoms. The molecular formula is C16H22N2OS. The fraction of sp³-hybridized carbons (Fsp3) is 0.562. The third kappa shape index (κ3) is 2.31. The number of benzene rings is 1. The summed E-state index contributed by atoms with van der Waals surface area (Å²) < 4.78 is 7.04. The van der Waals surface area contributed by atoms with Gasteiger partial charge in [-0.25, -0.2) is 4.98 Å². The third-order valence-corrected chi connectivity index (χ3v) is 5.32. The van der Waals surface area contributed by atoms with E-state index in [2.05, 4.69) is 56.2 Å². The van der Waals surface area contributed by atoms with E-state index >= 15 is 0 Å². The number of nitrogens with zero attached hydrogens (tertiary/aromatic N) is 1. The fourth-order valence-electron chi connectivity index (χ4n) is 2.95. The van der Waals surface area contributed by atoms with Crippen molar-refractivity contribution in [3.05, 3.63) is 23.2 Å². The Morgan fingerprint density at radius 2 is 2.25 bits per heavy atom. The van der Waals surface area contributed by atoms with Crippen molar-refractivity contribution in [1.82, 2.24) is 4.98 Å². The van der Waals surface area contributed by atoms with Crippen LogP contribution in [0.15, 0.2) is 18.2 Å². The quantitative estimate of drug-likeness (QED) is 0.915. The average Bonchev–Trinajstić information content (AvgIpc) is 2.77. The van der Waals surface area contributed by atoms with Crippen LogP contribution in [0.4, 0.5) is 5.69 Å². The minimum Gasteiger partial charge on any atom is -0.382 e. The molecule has 1 aromatic heterocycles. The molecule has 0 amide bonds. The topological polar surface area (TPSA) is 34.1 Å². The molecule has 1 heterocycles. The van der Waals surface area contributed by atoms with Gasteiger partial charge >= 0.3 is 0 Å². The van der Waals surface area contributed by atoms with E-state index in [1.54, 1.807) is 11.3 Å². The molecule has 1 N–H and O–H groups in total. The van der Waals surface area contributed by atoms with Crippen LogP contribution in [0.25, 0.3) is 10.2 Å². The molecule has 2 unspecified atom stereocenters. The zero-order chi connectivity index (χ0) is 14.3. The fourth-order valence-corrected chi connectivity index (χ4v) is 3.81. The summed E-state index contributed by atoms with van der Waals surface area (Å²) in [7, 11) is 0. The van der Waals surface area contributed by atoms with E-state index < -0.39 is 0 Å². The van der Waals surface area contributed by atoms with Gasteiger partial charge in [0.25, 0.3) is 0 Å². The van der Waals surface area contributed by atoms with Crippen LogP contribution >= 0.6 is 11.3 Å². The second-order valence-corrected chi connectivity index (χ2v) is 7.35. The number of thiazole rings is 1. The molecule has 3 rings (SSSR count). The zero-order valence-electron chi connectivity index (χ0n) is 12.6. The number of anilines is 1. The summed E-state index contributed by atoms with van der Waals surface area (Å²) in [6.07, 6.45) is 1.46. The first-order chi connectivity index (χ1) is 9.50. The highest BCUT2D eigenvalue weighted by molar-refractivity contribution is 7.18. The highest BCUT2D eigenvalue weighted by Gasteiger charge is 2.48. The summed E-state index contributed by atoms with van der Waals surface area (Å²) in [5, 5.41) is 4.78. The maximum absolute atomic E-state index is 5.79. The number of fused-ring (bicyclic) bond motifs is 1. The van der Waals surface area contributed by atoms with Crippen molar-refractivity contribution in [3.63, 3.8) is 0 Å². The highest BCUT2D eigenvalue weighted by atomic mass is 32.1. The molecule has 0 spiro atoms. The molecule has 20 heavy (non-hydrogen) atoms. The second-order valence-electron chi connectivity index (χ2n) is 6.11. The standard InChI is InChI=1S/C16H22N2OS/c1-5-19-15-9-14(16(15,3)4)18-11-6-7-12-13(8-11)20-10(2)17-12/h6-8,14-15,18H,5,9H2,1-4H3. The number of ether oxygens (including phenoxy) is 1. The van der Waals surface area contributed by atoms with Crippen LogP contribution in [0.2, 0.25) is 0 Å². The molecule has 1 aromatic carbocycles. The molecule has 1 saturated carbocycles. The van der Waals surface area contributed by atoms with Crippen molar-refractivity contribution in [2.45, 2.75) is 46.3 Å². The summed E-state index contributed by atoms with van der Waals surface area (Å²) >= 11 is 1.75. The number of hydrogen-bond donors (Lipinski definition) is 1. The van der Waals surface area contributed by atoms with E-state index in [-0.39, 0.29) is 5.41 Å². The van der Waals surface area contributed by atoms with Gasteiger partial charge in [0.05, 0.1) is 21.3 Å². The van der Waals surface area contributed by atoms with Gasteiger partial charge in [-0.3, -0.25) is 0 Å². The Balaban J connectivity index is 1.74. The third-order valence-electron chi connectivity index (χ3n) is 4.38. The molecular weight excluding hydrogens is 268 g/mol. The van der Waals surface area contributed by atoms with Gasteiger partial charge in [-0.05, 0) is 38.5 Å². The largest absolute Gasteiger partial charge is 0.382 e. The minimum absolute atomic E-state index is 0.189. The van der Waals surface area contributed by atoms with Crippen LogP contribution in [0.1, 0.15) is 32.2 Å². The molecule has 0 aliphatic heterocycles. The van der Waals surface area contributed by atoms with Crippen molar-refractivity contribution >= 4 is 27.2 Å². The van der Waals surface area contributed by atoms with E-state index in [1.807, 2.05) is 0 Å². The monoisotopic (exact) mass is 290 g/mol. The minimum atomic E-state index is 0.189. The highest BCUT2D eigenvalue weighted by Crippen LogP contribution is 2.44. The van der Waals surface area contributed by atoms with E-state index in [1.165, 1.54) is 10.4 Å². The molecule has 3 nitrogen and oxygen atoms in total.